The van der Waals surface area contributed by atoms with E-state index in [0.29, 0.717) is 12.0 Å². The minimum absolute atomic E-state index is 0.0580. The van der Waals surface area contributed by atoms with Gasteiger partial charge in [0.15, 0.2) is 5.78 Å². The van der Waals surface area contributed by atoms with E-state index in [2.05, 4.69) is 0 Å². The number of fused-ring (bicyclic) bond motifs is 1. The van der Waals surface area contributed by atoms with Crippen molar-refractivity contribution in [1.82, 2.24) is 0 Å². The Bertz CT molecular complexity index is 470. The lowest BCUT2D eigenvalue weighted by Gasteiger charge is -2.10. The van der Waals surface area contributed by atoms with Crippen LogP contribution >= 0.6 is 0 Å². The molecule has 0 fully saturated rings. The van der Waals surface area contributed by atoms with Crippen molar-refractivity contribution in [1.29, 1.82) is 0 Å². The Kier molecular flexibility index (Phi) is 3.32. The highest BCUT2D eigenvalue weighted by atomic mass is 16.3. The molecule has 0 radical (unpaired) electrons. The zero-order valence-electron chi connectivity index (χ0n) is 10.4. The summed E-state index contributed by atoms with van der Waals surface area (Å²) in [5.74, 6) is 0.202. The molecule has 1 aliphatic carbocycles. The summed E-state index contributed by atoms with van der Waals surface area (Å²) in [6.07, 6.45) is 2.53. The van der Waals surface area contributed by atoms with Gasteiger partial charge < -0.3 is 5.11 Å². The van der Waals surface area contributed by atoms with Gasteiger partial charge in [-0.15, -0.1) is 0 Å². The van der Waals surface area contributed by atoms with Crippen LogP contribution in [0.5, 0.6) is 0 Å². The second kappa shape index (κ2) is 4.74. The van der Waals surface area contributed by atoms with Gasteiger partial charge in [-0.1, -0.05) is 38.1 Å². The molecule has 1 aromatic rings. The molecule has 1 aliphatic rings. The van der Waals surface area contributed by atoms with E-state index in [4.69, 9.17) is 0 Å². The largest absolute Gasteiger partial charge is 0.507 e. The number of aryl methyl sites for hydroxylation is 1. The lowest BCUT2D eigenvalue weighted by atomic mass is 9.96. The van der Waals surface area contributed by atoms with E-state index in [0.717, 1.165) is 24.0 Å². The van der Waals surface area contributed by atoms with Crippen molar-refractivity contribution in [2.45, 2.75) is 33.1 Å². The molecule has 0 atom stereocenters. The predicted molar refractivity (Wildman–Crippen MR) is 68.8 cm³/mol. The van der Waals surface area contributed by atoms with Crippen LogP contribution < -0.4 is 0 Å². The smallest absolute Gasteiger partial charge is 0.165 e. The molecule has 0 aliphatic heterocycles. The Hall–Kier alpha value is -1.57. The summed E-state index contributed by atoms with van der Waals surface area (Å²) in [4.78, 5) is 12.1. The number of aliphatic hydroxyl groups excluding tert-OH is 1. The normalized spacial score (nSPS) is 15.7. The van der Waals surface area contributed by atoms with Crippen LogP contribution in [0.2, 0.25) is 0 Å². The topological polar surface area (TPSA) is 37.3 Å². The van der Waals surface area contributed by atoms with Crippen molar-refractivity contribution in [2.75, 3.05) is 0 Å². The van der Waals surface area contributed by atoms with Crippen LogP contribution in [0.15, 0.2) is 29.8 Å². The molecule has 0 bridgehead atoms. The molecule has 0 spiro atoms. The summed E-state index contributed by atoms with van der Waals surface area (Å²) in [6, 6.07) is 7.79. The van der Waals surface area contributed by atoms with Crippen molar-refractivity contribution in [2.24, 2.45) is 5.92 Å². The minimum Gasteiger partial charge on any atom is -0.507 e. The maximum Gasteiger partial charge on any atom is 0.165 e. The van der Waals surface area contributed by atoms with E-state index < -0.39 is 0 Å². The van der Waals surface area contributed by atoms with E-state index in [1.54, 1.807) is 0 Å². The fourth-order valence-electron chi connectivity index (χ4n) is 2.29. The molecule has 0 heterocycles. The lowest BCUT2D eigenvalue weighted by Crippen LogP contribution is -2.12. The first-order chi connectivity index (χ1) is 8.11. The molecule has 2 rings (SSSR count). The predicted octanol–water partition coefficient (Wildman–Crippen LogP) is 3.52. The molecular weight excluding hydrogens is 212 g/mol. The van der Waals surface area contributed by atoms with Gasteiger partial charge in [-0.05, 0) is 24.8 Å². The number of carbonyl (C=O) groups excluding carboxylic acids is 1. The van der Waals surface area contributed by atoms with Gasteiger partial charge in [-0.25, -0.2) is 0 Å². The van der Waals surface area contributed by atoms with Crippen LogP contribution in [0.4, 0.5) is 0 Å². The third kappa shape index (κ3) is 2.26. The van der Waals surface area contributed by atoms with Crippen LogP contribution in [0, 0.1) is 5.92 Å². The fraction of sp³-hybridized carbons (Fsp3) is 0.400. The van der Waals surface area contributed by atoms with Gasteiger partial charge >= 0.3 is 0 Å². The Morgan fingerprint density at radius 3 is 2.65 bits per heavy atom. The van der Waals surface area contributed by atoms with Crippen LogP contribution in [-0.2, 0) is 11.2 Å². The highest BCUT2D eigenvalue weighted by molar-refractivity contribution is 6.02. The molecule has 0 amide bonds. The fourth-order valence-corrected chi connectivity index (χ4v) is 2.29. The van der Waals surface area contributed by atoms with E-state index in [1.165, 1.54) is 0 Å². The van der Waals surface area contributed by atoms with Crippen molar-refractivity contribution < 1.29 is 9.90 Å². The second-order valence-corrected chi connectivity index (χ2v) is 4.86. The maximum absolute atomic E-state index is 12.1. The van der Waals surface area contributed by atoms with Crippen LogP contribution in [0.3, 0.4) is 0 Å². The highest BCUT2D eigenvalue weighted by Crippen LogP contribution is 2.30. The highest BCUT2D eigenvalue weighted by Gasteiger charge is 2.22. The van der Waals surface area contributed by atoms with Gasteiger partial charge in [0.05, 0.1) is 0 Å². The molecule has 0 saturated heterocycles. The summed E-state index contributed by atoms with van der Waals surface area (Å²) in [5.41, 5.74) is 2.57. The third-order valence-corrected chi connectivity index (χ3v) is 3.25. The van der Waals surface area contributed by atoms with E-state index in [1.807, 2.05) is 38.1 Å². The monoisotopic (exact) mass is 230 g/mol. The molecule has 0 aromatic heterocycles. The van der Waals surface area contributed by atoms with Gasteiger partial charge in [0, 0.05) is 17.1 Å². The van der Waals surface area contributed by atoms with Crippen molar-refractivity contribution >= 4 is 11.5 Å². The third-order valence-electron chi connectivity index (χ3n) is 3.25. The molecule has 90 valence electrons. The zero-order valence-corrected chi connectivity index (χ0v) is 10.4. The lowest BCUT2D eigenvalue weighted by molar-refractivity contribution is -0.118. The van der Waals surface area contributed by atoms with Gasteiger partial charge in [-0.2, -0.15) is 0 Å². The zero-order chi connectivity index (χ0) is 12.4. The average molecular weight is 230 g/mol. The van der Waals surface area contributed by atoms with E-state index >= 15 is 0 Å². The van der Waals surface area contributed by atoms with Gasteiger partial charge in [-0.3, -0.25) is 4.79 Å². The minimum atomic E-state index is -0.0580. The Balaban J connectivity index is 2.50. The molecule has 2 heteroatoms. The number of aliphatic hydroxyl groups is 1. The van der Waals surface area contributed by atoms with Gasteiger partial charge in [0.1, 0.15) is 5.76 Å². The number of rotatable bonds is 2. The summed E-state index contributed by atoms with van der Waals surface area (Å²) in [5, 5.41) is 10.3. The van der Waals surface area contributed by atoms with Crippen LogP contribution in [-0.4, -0.2) is 10.9 Å². The molecular formula is C15H18O2. The Morgan fingerprint density at radius 1 is 1.24 bits per heavy atom. The van der Waals surface area contributed by atoms with Crippen molar-refractivity contribution in [3.63, 3.8) is 0 Å². The number of ketones is 1. The molecule has 0 unspecified atom stereocenters. The van der Waals surface area contributed by atoms with Crippen LogP contribution in [0.25, 0.3) is 5.76 Å². The van der Waals surface area contributed by atoms with Crippen molar-refractivity contribution in [3.8, 4) is 0 Å². The number of hydrogen-bond donors (Lipinski definition) is 1. The molecule has 1 aromatic carbocycles. The summed E-state index contributed by atoms with van der Waals surface area (Å²) in [6.45, 7) is 3.75. The number of carbonyl (C=O) groups is 1. The molecule has 0 saturated carbocycles. The Morgan fingerprint density at radius 2 is 1.94 bits per heavy atom. The van der Waals surface area contributed by atoms with Gasteiger partial charge in [0.2, 0.25) is 0 Å². The molecule has 2 nitrogen and oxygen atoms in total. The first-order valence-electron chi connectivity index (χ1n) is 6.16. The number of benzene rings is 1. The standard InChI is InChI=1S/C15H18O2/c1-10(2)14(16)13-9-5-7-11-6-3-4-8-12(11)15(13)17/h3-4,6,8,10,17H,5,7,9H2,1-2H3. The van der Waals surface area contributed by atoms with Gasteiger partial charge in [0.25, 0.3) is 0 Å². The van der Waals surface area contributed by atoms with E-state index in [9.17, 15) is 9.90 Å². The number of allylic oxidation sites excluding steroid dienone is 1. The summed E-state index contributed by atoms with van der Waals surface area (Å²) < 4.78 is 0. The first-order valence-corrected chi connectivity index (χ1v) is 6.16. The first kappa shape index (κ1) is 11.9. The molecule has 17 heavy (non-hydrogen) atoms. The van der Waals surface area contributed by atoms with E-state index in [-0.39, 0.29) is 17.5 Å². The van der Waals surface area contributed by atoms with Crippen LogP contribution in [0.1, 0.15) is 37.8 Å². The summed E-state index contributed by atoms with van der Waals surface area (Å²) >= 11 is 0. The SMILES string of the molecule is CC(C)C(=O)C1=C(O)c2ccccc2CCC1. The average Bonchev–Trinajstić information content (AvgIpc) is 2.48. The number of hydrogen-bond acceptors (Lipinski definition) is 2. The number of Topliss-reactive ketones (excluding diaryl/α,β-unsaturated/α-hetero) is 1. The second-order valence-electron chi connectivity index (χ2n) is 4.86. The molecule has 1 N–H and O–H groups in total. The Labute approximate surface area is 102 Å². The maximum atomic E-state index is 12.1. The quantitative estimate of drug-likeness (QED) is 0.844. The van der Waals surface area contributed by atoms with Crippen molar-refractivity contribution in [3.05, 3.63) is 41.0 Å². The summed E-state index contributed by atoms with van der Waals surface area (Å²) in [7, 11) is 0.